The maximum atomic E-state index is 13.2. The predicted octanol–water partition coefficient (Wildman–Crippen LogP) is 3.08. The molecule has 0 amide bonds. The van der Waals surface area contributed by atoms with Crippen LogP contribution in [0.4, 0.5) is 5.69 Å². The fraction of sp³-hybridized carbons (Fsp3) is 0.200. The first kappa shape index (κ1) is 18.3. The third kappa shape index (κ3) is 3.08. The molecule has 2 aromatic carbocycles. The number of pyridine rings is 1. The lowest BCUT2D eigenvalue weighted by Crippen LogP contribution is -2.06. The summed E-state index contributed by atoms with van der Waals surface area (Å²) < 4.78 is 21.2. The van der Waals surface area contributed by atoms with Gasteiger partial charge in [-0.1, -0.05) is 0 Å². The van der Waals surface area contributed by atoms with E-state index < -0.39 is 0 Å². The molecule has 0 aliphatic rings. The van der Waals surface area contributed by atoms with Crippen molar-refractivity contribution in [1.29, 1.82) is 0 Å². The number of carbonyl (C=O) groups excluding carboxylic acids is 1. The van der Waals surface area contributed by atoms with Crippen molar-refractivity contribution in [3.63, 3.8) is 0 Å². The standard InChI is InChI=1S/C20H20N2O5/c1-24-15-6-5-12-13(18(15)21)9-22-10-14(12)19(23)11-7-16(25-2)20(27-4)17(8-11)26-3/h5-10H,21H2,1-4H3. The van der Waals surface area contributed by atoms with Crippen LogP contribution in [0.25, 0.3) is 10.8 Å². The number of hydrogen-bond acceptors (Lipinski definition) is 7. The Morgan fingerprint density at radius 1 is 0.852 bits per heavy atom. The second-order valence-corrected chi connectivity index (χ2v) is 5.71. The molecule has 27 heavy (non-hydrogen) atoms. The van der Waals surface area contributed by atoms with Crippen molar-refractivity contribution in [3.05, 3.63) is 47.8 Å². The van der Waals surface area contributed by atoms with Crippen LogP contribution in [-0.4, -0.2) is 39.2 Å². The molecule has 0 saturated carbocycles. The van der Waals surface area contributed by atoms with Crippen LogP contribution in [0, 0.1) is 0 Å². The first-order valence-corrected chi connectivity index (χ1v) is 8.10. The minimum Gasteiger partial charge on any atom is -0.495 e. The van der Waals surface area contributed by atoms with Crippen LogP contribution in [0.3, 0.4) is 0 Å². The molecule has 7 heteroatoms. The number of methoxy groups -OCH3 is 4. The zero-order chi connectivity index (χ0) is 19.6. The third-order valence-corrected chi connectivity index (χ3v) is 4.34. The highest BCUT2D eigenvalue weighted by molar-refractivity contribution is 6.18. The number of nitrogens with two attached hydrogens (primary N) is 1. The van der Waals surface area contributed by atoms with E-state index in [9.17, 15) is 4.79 Å². The highest BCUT2D eigenvalue weighted by Gasteiger charge is 2.20. The lowest BCUT2D eigenvalue weighted by atomic mass is 9.98. The molecule has 0 unspecified atom stereocenters. The lowest BCUT2D eigenvalue weighted by molar-refractivity contribution is 0.103. The van der Waals surface area contributed by atoms with Gasteiger partial charge in [-0.05, 0) is 29.7 Å². The number of hydrogen-bond donors (Lipinski definition) is 1. The molecule has 0 aliphatic heterocycles. The molecule has 7 nitrogen and oxygen atoms in total. The van der Waals surface area contributed by atoms with Crippen molar-refractivity contribution in [3.8, 4) is 23.0 Å². The maximum Gasteiger partial charge on any atom is 0.203 e. The zero-order valence-corrected chi connectivity index (χ0v) is 15.5. The number of aromatic nitrogens is 1. The summed E-state index contributed by atoms with van der Waals surface area (Å²) in [7, 11) is 6.04. The average Bonchev–Trinajstić information content (AvgIpc) is 2.72. The van der Waals surface area contributed by atoms with Gasteiger partial charge in [0.15, 0.2) is 17.3 Å². The Morgan fingerprint density at radius 2 is 1.48 bits per heavy atom. The van der Waals surface area contributed by atoms with Gasteiger partial charge in [-0.15, -0.1) is 0 Å². The van der Waals surface area contributed by atoms with Crippen molar-refractivity contribution in [2.24, 2.45) is 0 Å². The van der Waals surface area contributed by atoms with Gasteiger partial charge < -0.3 is 24.7 Å². The number of rotatable bonds is 6. The highest BCUT2D eigenvalue weighted by Crippen LogP contribution is 2.39. The minimum atomic E-state index is -0.239. The van der Waals surface area contributed by atoms with Gasteiger partial charge in [-0.2, -0.15) is 0 Å². The molecule has 0 atom stereocenters. The zero-order valence-electron chi connectivity index (χ0n) is 15.5. The molecule has 1 heterocycles. The summed E-state index contributed by atoms with van der Waals surface area (Å²) >= 11 is 0. The van der Waals surface area contributed by atoms with Gasteiger partial charge >= 0.3 is 0 Å². The van der Waals surface area contributed by atoms with Crippen LogP contribution in [0.1, 0.15) is 15.9 Å². The largest absolute Gasteiger partial charge is 0.495 e. The van der Waals surface area contributed by atoms with Gasteiger partial charge in [-0.3, -0.25) is 9.78 Å². The molecule has 0 radical (unpaired) electrons. The number of benzene rings is 2. The fourth-order valence-corrected chi connectivity index (χ4v) is 2.97. The van der Waals surface area contributed by atoms with Crippen molar-refractivity contribution in [2.45, 2.75) is 0 Å². The van der Waals surface area contributed by atoms with Gasteiger partial charge in [0, 0.05) is 28.9 Å². The molecule has 3 rings (SSSR count). The highest BCUT2D eigenvalue weighted by atomic mass is 16.5. The van der Waals surface area contributed by atoms with Gasteiger partial charge in [0.1, 0.15) is 5.75 Å². The Balaban J connectivity index is 2.18. The van der Waals surface area contributed by atoms with Crippen molar-refractivity contribution >= 4 is 22.2 Å². The first-order chi connectivity index (χ1) is 13.0. The van der Waals surface area contributed by atoms with E-state index in [0.29, 0.717) is 50.6 Å². The Bertz CT molecular complexity index is 992. The number of ketones is 1. The Kier molecular flexibility index (Phi) is 5.03. The van der Waals surface area contributed by atoms with E-state index in [2.05, 4.69) is 4.98 Å². The average molecular weight is 368 g/mol. The van der Waals surface area contributed by atoms with Crippen LogP contribution >= 0.6 is 0 Å². The van der Waals surface area contributed by atoms with E-state index in [1.165, 1.54) is 34.6 Å². The van der Waals surface area contributed by atoms with Gasteiger partial charge in [0.05, 0.1) is 34.1 Å². The van der Waals surface area contributed by atoms with Crippen molar-refractivity contribution < 1.29 is 23.7 Å². The summed E-state index contributed by atoms with van der Waals surface area (Å²) in [6.07, 6.45) is 3.12. The van der Waals surface area contributed by atoms with E-state index in [1.54, 1.807) is 30.5 Å². The number of nitrogen functional groups attached to an aromatic ring is 1. The van der Waals surface area contributed by atoms with E-state index in [1.807, 2.05) is 0 Å². The summed E-state index contributed by atoms with van der Waals surface area (Å²) in [6.45, 7) is 0. The number of nitrogens with zero attached hydrogens (tertiary/aromatic N) is 1. The Labute approximate surface area is 156 Å². The summed E-state index contributed by atoms with van der Waals surface area (Å²) in [5.41, 5.74) is 7.36. The molecule has 0 aliphatic carbocycles. The fourth-order valence-electron chi connectivity index (χ4n) is 2.97. The van der Waals surface area contributed by atoms with Crippen molar-refractivity contribution in [1.82, 2.24) is 4.98 Å². The molecular formula is C20H20N2O5. The second kappa shape index (κ2) is 7.41. The predicted molar refractivity (Wildman–Crippen MR) is 102 cm³/mol. The second-order valence-electron chi connectivity index (χ2n) is 5.71. The smallest absolute Gasteiger partial charge is 0.203 e. The Hall–Kier alpha value is -3.48. The molecule has 3 aromatic rings. The Morgan fingerprint density at radius 3 is 2.04 bits per heavy atom. The summed E-state index contributed by atoms with van der Waals surface area (Å²) in [5, 5.41) is 1.33. The normalized spacial score (nSPS) is 10.5. The summed E-state index contributed by atoms with van der Waals surface area (Å²) in [6, 6.07) is 6.73. The molecule has 2 N–H and O–H groups in total. The monoisotopic (exact) mass is 368 g/mol. The lowest BCUT2D eigenvalue weighted by Gasteiger charge is -2.14. The maximum absolute atomic E-state index is 13.2. The van der Waals surface area contributed by atoms with Crippen LogP contribution in [0.5, 0.6) is 23.0 Å². The van der Waals surface area contributed by atoms with Crippen LogP contribution in [0.15, 0.2) is 36.7 Å². The van der Waals surface area contributed by atoms with Gasteiger partial charge in [0.2, 0.25) is 5.75 Å². The topological polar surface area (TPSA) is 92.9 Å². The molecule has 0 saturated heterocycles. The number of fused-ring (bicyclic) bond motifs is 1. The van der Waals surface area contributed by atoms with E-state index in [0.717, 1.165) is 0 Å². The SMILES string of the molecule is COc1cc(C(=O)c2cncc3c(N)c(OC)ccc23)cc(OC)c1OC. The number of carbonyl (C=O) groups is 1. The van der Waals surface area contributed by atoms with E-state index in [-0.39, 0.29) is 5.78 Å². The first-order valence-electron chi connectivity index (χ1n) is 8.10. The molecule has 0 spiro atoms. The molecule has 1 aromatic heterocycles. The van der Waals surface area contributed by atoms with E-state index in [4.69, 9.17) is 24.7 Å². The molecule has 0 bridgehead atoms. The quantitative estimate of drug-likeness (QED) is 0.528. The van der Waals surface area contributed by atoms with Crippen molar-refractivity contribution in [2.75, 3.05) is 34.2 Å². The van der Waals surface area contributed by atoms with Gasteiger partial charge in [-0.25, -0.2) is 0 Å². The third-order valence-electron chi connectivity index (χ3n) is 4.34. The van der Waals surface area contributed by atoms with Crippen LogP contribution in [-0.2, 0) is 0 Å². The number of anilines is 1. The van der Waals surface area contributed by atoms with E-state index >= 15 is 0 Å². The van der Waals surface area contributed by atoms with Crippen LogP contribution < -0.4 is 24.7 Å². The summed E-state index contributed by atoms with van der Waals surface area (Å²) in [4.78, 5) is 17.4. The van der Waals surface area contributed by atoms with Gasteiger partial charge in [0.25, 0.3) is 0 Å². The molecular weight excluding hydrogens is 348 g/mol. The van der Waals surface area contributed by atoms with Crippen LogP contribution in [0.2, 0.25) is 0 Å². The summed E-state index contributed by atoms with van der Waals surface area (Å²) in [5.74, 6) is 1.50. The minimum absolute atomic E-state index is 0.239. The number of ether oxygens (including phenoxy) is 4. The molecule has 140 valence electrons. The molecule has 0 fully saturated rings.